The van der Waals surface area contributed by atoms with Crippen LogP contribution >= 0.6 is 36.2 Å². The van der Waals surface area contributed by atoms with Crippen LogP contribution in [0.1, 0.15) is 17.5 Å². The largest absolute Gasteiger partial charge is 0.356 e. The van der Waals surface area contributed by atoms with Crippen LogP contribution in [0.2, 0.25) is 0 Å². The highest BCUT2D eigenvalue weighted by Gasteiger charge is 2.28. The number of amides is 1. The van der Waals surface area contributed by atoms with Gasteiger partial charge in [-0.1, -0.05) is 31.2 Å². The van der Waals surface area contributed by atoms with Crippen molar-refractivity contribution in [3.8, 4) is 11.3 Å². The average Bonchev–Trinajstić information content (AvgIpc) is 2.92. The monoisotopic (exact) mass is 401 g/mol. The van der Waals surface area contributed by atoms with Crippen molar-refractivity contribution in [2.24, 2.45) is 11.8 Å². The second-order valence-electron chi connectivity index (χ2n) is 6.20. The number of nitrogens with zero attached hydrogens (tertiary/aromatic N) is 1. The van der Waals surface area contributed by atoms with Gasteiger partial charge in [0.25, 0.3) is 0 Å². The summed E-state index contributed by atoms with van der Waals surface area (Å²) in [7, 11) is 0. The smallest absolute Gasteiger partial charge is 0.223 e. The Morgan fingerprint density at radius 3 is 2.52 bits per heavy atom. The Bertz CT molecular complexity index is 671. The molecule has 0 radical (unpaired) electrons. The van der Waals surface area contributed by atoms with Crippen LogP contribution in [0.25, 0.3) is 11.3 Å². The highest BCUT2D eigenvalue weighted by molar-refractivity contribution is 7.09. The first-order valence-corrected chi connectivity index (χ1v) is 9.01. The predicted octanol–water partition coefficient (Wildman–Crippen LogP) is 3.48. The molecule has 2 heterocycles. The van der Waals surface area contributed by atoms with Crippen LogP contribution in [0.4, 0.5) is 0 Å². The van der Waals surface area contributed by atoms with Gasteiger partial charge in [0.1, 0.15) is 0 Å². The van der Waals surface area contributed by atoms with Gasteiger partial charge in [-0.05, 0) is 37.9 Å². The number of hydrogen-bond acceptors (Lipinski definition) is 4. The summed E-state index contributed by atoms with van der Waals surface area (Å²) >= 11 is 1.67. The Labute approximate surface area is 165 Å². The highest BCUT2D eigenvalue weighted by atomic mass is 35.5. The summed E-state index contributed by atoms with van der Waals surface area (Å²) in [5, 5.41) is 9.44. The van der Waals surface area contributed by atoms with E-state index in [0.29, 0.717) is 12.5 Å². The third kappa shape index (κ3) is 5.68. The molecule has 138 valence electrons. The second kappa shape index (κ2) is 10.1. The number of thiazole rings is 1. The Morgan fingerprint density at radius 1 is 1.32 bits per heavy atom. The van der Waals surface area contributed by atoms with E-state index < -0.39 is 0 Å². The normalized spacial score (nSPS) is 14.6. The number of benzene rings is 1. The summed E-state index contributed by atoms with van der Waals surface area (Å²) in [6.07, 6.45) is 0.859. The molecule has 1 amide bonds. The van der Waals surface area contributed by atoms with Crippen LogP contribution in [0.3, 0.4) is 0 Å². The first kappa shape index (κ1) is 21.9. The third-order valence-electron chi connectivity index (χ3n) is 4.52. The maximum Gasteiger partial charge on any atom is 0.223 e. The van der Waals surface area contributed by atoms with Crippen molar-refractivity contribution < 1.29 is 4.79 Å². The second-order valence-corrected chi connectivity index (χ2v) is 7.26. The molecule has 1 saturated heterocycles. The fraction of sp³-hybridized carbons (Fsp3) is 0.444. The van der Waals surface area contributed by atoms with Crippen LogP contribution < -0.4 is 10.6 Å². The Hall–Kier alpha value is -1.14. The number of rotatable bonds is 6. The van der Waals surface area contributed by atoms with E-state index in [9.17, 15) is 4.79 Å². The summed E-state index contributed by atoms with van der Waals surface area (Å²) in [6.45, 7) is 6.66. The van der Waals surface area contributed by atoms with E-state index in [1.165, 1.54) is 5.56 Å². The standard InChI is InChI=1S/C18H23N3OS.2ClH/c1-12(16-9-19-10-16)18(22)20-8-7-14-3-5-15(6-4-14)17-11-23-13(2)21-17;;/h3-6,11-12,16,19H,7-10H2,1-2H3,(H,20,22);2*1H. The lowest BCUT2D eigenvalue weighted by Crippen LogP contribution is -2.49. The molecule has 1 aliphatic rings. The quantitative estimate of drug-likeness (QED) is 0.778. The molecule has 1 aliphatic heterocycles. The highest BCUT2D eigenvalue weighted by Crippen LogP contribution is 2.22. The van der Waals surface area contributed by atoms with E-state index in [2.05, 4.69) is 45.3 Å². The number of carbonyl (C=O) groups excluding carboxylic acids is 1. The van der Waals surface area contributed by atoms with Gasteiger partial charge >= 0.3 is 0 Å². The van der Waals surface area contributed by atoms with Crippen LogP contribution in [0, 0.1) is 18.8 Å². The summed E-state index contributed by atoms with van der Waals surface area (Å²) in [6, 6.07) is 8.45. The number of halogens is 2. The molecular formula is C18H25Cl2N3OS. The van der Waals surface area contributed by atoms with Crippen LogP contribution in [-0.2, 0) is 11.2 Å². The van der Waals surface area contributed by atoms with E-state index in [1.54, 1.807) is 11.3 Å². The molecule has 4 nitrogen and oxygen atoms in total. The summed E-state index contributed by atoms with van der Waals surface area (Å²) in [4.78, 5) is 16.6. The van der Waals surface area contributed by atoms with Gasteiger partial charge in [-0.2, -0.15) is 0 Å². The average molecular weight is 402 g/mol. The van der Waals surface area contributed by atoms with Gasteiger partial charge in [-0.25, -0.2) is 4.98 Å². The van der Waals surface area contributed by atoms with Crippen molar-refractivity contribution in [3.05, 3.63) is 40.2 Å². The Kier molecular flexibility index (Phi) is 8.86. The van der Waals surface area contributed by atoms with Crippen molar-refractivity contribution in [2.75, 3.05) is 19.6 Å². The number of carbonyl (C=O) groups is 1. The van der Waals surface area contributed by atoms with Crippen LogP contribution in [0.15, 0.2) is 29.6 Å². The van der Waals surface area contributed by atoms with Gasteiger partial charge in [0.15, 0.2) is 0 Å². The van der Waals surface area contributed by atoms with Gasteiger partial charge in [0.2, 0.25) is 5.91 Å². The van der Waals surface area contributed by atoms with Gasteiger partial charge in [-0.15, -0.1) is 36.2 Å². The fourth-order valence-electron chi connectivity index (χ4n) is 2.71. The molecule has 7 heteroatoms. The molecule has 1 atom stereocenters. The molecule has 2 N–H and O–H groups in total. The summed E-state index contributed by atoms with van der Waals surface area (Å²) < 4.78 is 0. The Balaban J connectivity index is 0.00000156. The van der Waals surface area contributed by atoms with Crippen molar-refractivity contribution >= 4 is 42.1 Å². The minimum absolute atomic E-state index is 0. The zero-order valence-electron chi connectivity index (χ0n) is 14.5. The molecule has 0 aliphatic carbocycles. The molecule has 0 bridgehead atoms. The lowest BCUT2D eigenvalue weighted by Gasteiger charge is -2.31. The SMILES string of the molecule is Cc1nc(-c2ccc(CCNC(=O)C(C)C3CNC3)cc2)cs1.Cl.Cl. The minimum atomic E-state index is 0. The van der Waals surface area contributed by atoms with Crippen molar-refractivity contribution in [1.82, 2.24) is 15.6 Å². The summed E-state index contributed by atoms with van der Waals surface area (Å²) in [5.74, 6) is 0.772. The van der Waals surface area contributed by atoms with E-state index in [0.717, 1.165) is 35.8 Å². The zero-order chi connectivity index (χ0) is 16.2. The lowest BCUT2D eigenvalue weighted by atomic mass is 9.88. The maximum atomic E-state index is 12.1. The van der Waals surface area contributed by atoms with E-state index >= 15 is 0 Å². The number of aryl methyl sites for hydroxylation is 1. The number of nitrogens with one attached hydrogen (secondary N) is 2. The van der Waals surface area contributed by atoms with Crippen molar-refractivity contribution in [1.29, 1.82) is 0 Å². The molecule has 1 unspecified atom stereocenters. The molecular weight excluding hydrogens is 377 g/mol. The molecule has 1 aromatic heterocycles. The molecule has 1 aromatic carbocycles. The van der Waals surface area contributed by atoms with E-state index in [4.69, 9.17) is 0 Å². The fourth-order valence-corrected chi connectivity index (χ4v) is 3.33. The molecule has 2 aromatic rings. The van der Waals surface area contributed by atoms with Crippen LogP contribution in [-0.4, -0.2) is 30.5 Å². The first-order valence-electron chi connectivity index (χ1n) is 8.13. The third-order valence-corrected chi connectivity index (χ3v) is 5.29. The molecule has 1 fully saturated rings. The van der Waals surface area contributed by atoms with Crippen LogP contribution in [0.5, 0.6) is 0 Å². The molecule has 0 spiro atoms. The van der Waals surface area contributed by atoms with E-state index in [1.807, 2.05) is 13.8 Å². The zero-order valence-corrected chi connectivity index (χ0v) is 16.9. The first-order chi connectivity index (χ1) is 11.1. The van der Waals surface area contributed by atoms with Gasteiger partial charge in [-0.3, -0.25) is 4.79 Å². The van der Waals surface area contributed by atoms with E-state index in [-0.39, 0.29) is 36.6 Å². The number of aromatic nitrogens is 1. The lowest BCUT2D eigenvalue weighted by molar-refractivity contribution is -0.126. The summed E-state index contributed by atoms with van der Waals surface area (Å²) in [5.41, 5.74) is 3.42. The van der Waals surface area contributed by atoms with Gasteiger partial charge in [0.05, 0.1) is 10.7 Å². The Morgan fingerprint density at radius 2 is 2.00 bits per heavy atom. The van der Waals surface area contributed by atoms with Gasteiger partial charge < -0.3 is 10.6 Å². The molecule has 0 saturated carbocycles. The molecule has 25 heavy (non-hydrogen) atoms. The topological polar surface area (TPSA) is 54.0 Å². The minimum Gasteiger partial charge on any atom is -0.356 e. The number of hydrogen-bond donors (Lipinski definition) is 2. The van der Waals surface area contributed by atoms with Gasteiger partial charge in [0, 0.05) is 23.4 Å². The predicted molar refractivity (Wildman–Crippen MR) is 109 cm³/mol. The van der Waals surface area contributed by atoms with Crippen molar-refractivity contribution in [3.63, 3.8) is 0 Å². The maximum absolute atomic E-state index is 12.1. The molecule has 3 rings (SSSR count). The van der Waals surface area contributed by atoms with Crippen molar-refractivity contribution in [2.45, 2.75) is 20.3 Å².